The molecule has 0 aromatic heterocycles. The van der Waals surface area contributed by atoms with E-state index in [1.807, 2.05) is 21.0 Å². The van der Waals surface area contributed by atoms with Gasteiger partial charge in [-0.2, -0.15) is 0 Å². The molecule has 2 N–H and O–H groups in total. The van der Waals surface area contributed by atoms with Crippen LogP contribution in [0, 0.1) is 17.3 Å². The Labute approximate surface area is 181 Å². The molecule has 0 aromatic rings. The van der Waals surface area contributed by atoms with Crippen LogP contribution in [-0.4, -0.2) is 87.1 Å². The number of piperidine rings is 1. The molecule has 172 valence electrons. The molecule has 3 rings (SSSR count). The van der Waals surface area contributed by atoms with Crippen molar-refractivity contribution in [1.82, 2.24) is 20.4 Å². The maximum absolute atomic E-state index is 13.2. The van der Waals surface area contributed by atoms with Crippen LogP contribution in [0.3, 0.4) is 0 Å². The number of rotatable bonds is 6. The number of carbonyl (C=O) groups is 2. The summed E-state index contributed by atoms with van der Waals surface area (Å²) in [6.07, 6.45) is 3.52. The molecule has 0 aromatic carbocycles. The van der Waals surface area contributed by atoms with Gasteiger partial charge in [0, 0.05) is 45.1 Å². The van der Waals surface area contributed by atoms with E-state index in [9.17, 15) is 9.59 Å². The van der Waals surface area contributed by atoms with Gasteiger partial charge >= 0.3 is 6.03 Å². The number of nitrogens with one attached hydrogen (secondary N) is 2. The highest BCUT2D eigenvalue weighted by atomic mass is 16.7. The zero-order valence-corrected chi connectivity index (χ0v) is 19.3. The highest BCUT2D eigenvalue weighted by molar-refractivity contribution is 5.95. The van der Waals surface area contributed by atoms with E-state index in [0.29, 0.717) is 44.8 Å². The van der Waals surface area contributed by atoms with E-state index in [4.69, 9.17) is 9.47 Å². The Morgan fingerprint density at radius 3 is 2.57 bits per heavy atom. The minimum Gasteiger partial charge on any atom is -0.348 e. The van der Waals surface area contributed by atoms with Crippen LogP contribution in [-0.2, 0) is 14.3 Å². The Hall–Kier alpha value is -1.22. The van der Waals surface area contributed by atoms with Crippen molar-refractivity contribution in [1.29, 1.82) is 0 Å². The molecule has 0 bridgehead atoms. The first-order valence-electron chi connectivity index (χ1n) is 11.4. The van der Waals surface area contributed by atoms with Crippen LogP contribution in [0.25, 0.3) is 0 Å². The van der Waals surface area contributed by atoms with Crippen LogP contribution >= 0.6 is 0 Å². The summed E-state index contributed by atoms with van der Waals surface area (Å²) in [5.74, 6) is -0.393. The maximum Gasteiger partial charge on any atom is 0.324 e. The minimum absolute atomic E-state index is 0.0705. The monoisotopic (exact) mass is 424 g/mol. The van der Waals surface area contributed by atoms with Gasteiger partial charge in [-0.05, 0) is 45.2 Å². The van der Waals surface area contributed by atoms with Crippen molar-refractivity contribution in [2.24, 2.45) is 17.3 Å². The second-order valence-corrected chi connectivity index (χ2v) is 10.2. The summed E-state index contributed by atoms with van der Waals surface area (Å²) in [5.41, 5.74) is -0.0705. The molecule has 1 aliphatic carbocycles. The molecule has 8 nitrogen and oxygen atoms in total. The number of imide groups is 1. The number of hydrogen-bond donors (Lipinski definition) is 2. The average molecular weight is 425 g/mol. The first kappa shape index (κ1) is 23.4. The third kappa shape index (κ3) is 5.52. The van der Waals surface area contributed by atoms with E-state index in [1.165, 1.54) is 4.90 Å². The number of fused-ring (bicyclic) bond motifs is 1. The summed E-state index contributed by atoms with van der Waals surface area (Å²) >= 11 is 0. The molecule has 3 fully saturated rings. The van der Waals surface area contributed by atoms with E-state index in [1.54, 1.807) is 0 Å². The van der Waals surface area contributed by atoms with Gasteiger partial charge in [0.25, 0.3) is 0 Å². The fourth-order valence-electron chi connectivity index (χ4n) is 5.40. The topological polar surface area (TPSA) is 83.1 Å². The van der Waals surface area contributed by atoms with Crippen molar-refractivity contribution in [2.75, 3.05) is 53.5 Å². The van der Waals surface area contributed by atoms with E-state index in [0.717, 1.165) is 32.2 Å². The number of carbonyl (C=O) groups excluding carboxylic acids is 2. The summed E-state index contributed by atoms with van der Waals surface area (Å²) in [5, 5.41) is 6.53. The van der Waals surface area contributed by atoms with Gasteiger partial charge in [0.05, 0.1) is 19.1 Å². The second kappa shape index (κ2) is 9.51. The van der Waals surface area contributed by atoms with Crippen molar-refractivity contribution in [2.45, 2.75) is 58.3 Å². The fourth-order valence-corrected chi connectivity index (χ4v) is 5.40. The standard InChI is InChI=1S/C22H40N4O4/c1-6-26(20(28)24-14-21(2,3)15-25(4)5)19(27)17-11-16-12-22(29-9-10-30-22)8-7-18(16)23-13-17/h16-18,23H,6-15H2,1-5H3,(H,24,28)/t16-,17-,18-/m1/s1. The molecule has 2 heterocycles. The van der Waals surface area contributed by atoms with E-state index >= 15 is 0 Å². The summed E-state index contributed by atoms with van der Waals surface area (Å²) < 4.78 is 11.8. The van der Waals surface area contributed by atoms with Gasteiger partial charge in [-0.15, -0.1) is 0 Å². The van der Waals surface area contributed by atoms with E-state index in [2.05, 4.69) is 29.4 Å². The van der Waals surface area contributed by atoms with Crippen molar-refractivity contribution in [3.63, 3.8) is 0 Å². The Kier molecular flexibility index (Phi) is 7.43. The summed E-state index contributed by atoms with van der Waals surface area (Å²) in [4.78, 5) is 29.5. The van der Waals surface area contributed by atoms with E-state index < -0.39 is 5.79 Å². The Morgan fingerprint density at radius 1 is 1.23 bits per heavy atom. The number of ether oxygens (including phenoxy) is 2. The molecule has 8 heteroatoms. The quantitative estimate of drug-likeness (QED) is 0.675. The van der Waals surface area contributed by atoms with Gasteiger partial charge in [0.2, 0.25) is 5.91 Å². The van der Waals surface area contributed by atoms with Crippen molar-refractivity contribution in [3.8, 4) is 0 Å². The fraction of sp³-hybridized carbons (Fsp3) is 0.909. The SMILES string of the molecule is CCN(C(=O)NCC(C)(C)CN(C)C)C(=O)[C@H]1CN[C@@H]2CCC3(C[C@H]2C1)OCCO3. The molecule has 2 saturated heterocycles. The largest absolute Gasteiger partial charge is 0.348 e. The lowest BCUT2D eigenvalue weighted by atomic mass is 9.73. The molecule has 2 aliphatic heterocycles. The first-order chi connectivity index (χ1) is 14.1. The predicted octanol–water partition coefficient (Wildman–Crippen LogP) is 1.65. The zero-order valence-electron chi connectivity index (χ0n) is 19.3. The molecule has 3 amide bonds. The summed E-state index contributed by atoms with van der Waals surface area (Å²) in [7, 11) is 4.04. The zero-order chi connectivity index (χ0) is 21.9. The van der Waals surface area contributed by atoms with Crippen molar-refractivity contribution in [3.05, 3.63) is 0 Å². The van der Waals surface area contributed by atoms with Crippen LogP contribution in [0.1, 0.15) is 46.5 Å². The minimum atomic E-state index is -0.451. The number of hydrogen-bond acceptors (Lipinski definition) is 6. The van der Waals surface area contributed by atoms with Gasteiger partial charge in [0.15, 0.2) is 5.79 Å². The molecule has 1 saturated carbocycles. The van der Waals surface area contributed by atoms with Crippen molar-refractivity contribution >= 4 is 11.9 Å². The average Bonchev–Trinajstić information content (AvgIpc) is 3.13. The molecule has 0 unspecified atom stereocenters. The third-order valence-electron chi connectivity index (χ3n) is 6.64. The summed E-state index contributed by atoms with van der Waals surface area (Å²) in [6, 6.07) is 0.113. The van der Waals surface area contributed by atoms with Crippen LogP contribution in [0.2, 0.25) is 0 Å². The third-order valence-corrected chi connectivity index (χ3v) is 6.64. The Balaban J connectivity index is 1.56. The van der Waals surface area contributed by atoms with Crippen LogP contribution in [0.5, 0.6) is 0 Å². The lowest BCUT2D eigenvalue weighted by Gasteiger charge is -2.46. The number of urea groups is 1. The number of amides is 3. The number of nitrogens with zero attached hydrogens (tertiary/aromatic N) is 2. The van der Waals surface area contributed by atoms with Gasteiger partial charge in [0.1, 0.15) is 0 Å². The molecule has 0 radical (unpaired) electrons. The molecule has 3 atom stereocenters. The predicted molar refractivity (Wildman–Crippen MR) is 115 cm³/mol. The summed E-state index contributed by atoms with van der Waals surface area (Å²) in [6.45, 7) is 9.78. The lowest BCUT2D eigenvalue weighted by Crippen LogP contribution is -2.57. The molecular formula is C22H40N4O4. The van der Waals surface area contributed by atoms with Gasteiger partial charge in [-0.1, -0.05) is 13.8 Å². The Morgan fingerprint density at radius 2 is 1.93 bits per heavy atom. The van der Waals surface area contributed by atoms with Crippen LogP contribution < -0.4 is 10.6 Å². The van der Waals surface area contributed by atoms with Gasteiger partial charge < -0.3 is 25.0 Å². The first-order valence-corrected chi connectivity index (χ1v) is 11.4. The molecular weight excluding hydrogens is 384 g/mol. The second-order valence-electron chi connectivity index (χ2n) is 10.2. The Bertz CT molecular complexity index is 618. The maximum atomic E-state index is 13.2. The van der Waals surface area contributed by atoms with E-state index in [-0.39, 0.29) is 23.3 Å². The van der Waals surface area contributed by atoms with Gasteiger partial charge in [-0.3, -0.25) is 9.69 Å². The highest BCUT2D eigenvalue weighted by Crippen LogP contribution is 2.42. The molecule has 30 heavy (non-hydrogen) atoms. The highest BCUT2D eigenvalue weighted by Gasteiger charge is 2.48. The lowest BCUT2D eigenvalue weighted by molar-refractivity contribution is -0.195. The normalized spacial score (nSPS) is 28.4. The van der Waals surface area contributed by atoms with Crippen molar-refractivity contribution < 1.29 is 19.1 Å². The van der Waals surface area contributed by atoms with Gasteiger partial charge in [-0.25, -0.2) is 4.79 Å². The molecule has 3 aliphatic rings. The van der Waals surface area contributed by atoms with Crippen LogP contribution in [0.4, 0.5) is 4.79 Å². The molecule has 1 spiro atoms. The van der Waals surface area contributed by atoms with Crippen LogP contribution in [0.15, 0.2) is 0 Å². The smallest absolute Gasteiger partial charge is 0.324 e.